The molecule has 14 rings (SSSR count). The number of ether oxygens (including phenoxy) is 6. The van der Waals surface area contributed by atoms with Crippen LogP contribution in [0.4, 0.5) is 0 Å². The summed E-state index contributed by atoms with van der Waals surface area (Å²) in [6.45, 7) is 0. The van der Waals surface area contributed by atoms with Crippen LogP contribution in [0.25, 0.3) is 21.5 Å². The third-order valence-electron chi connectivity index (χ3n) is 15.0. The van der Waals surface area contributed by atoms with Crippen molar-refractivity contribution in [2.75, 3.05) is 0 Å². The quantitative estimate of drug-likeness (QED) is 0.0998. The Labute approximate surface area is 453 Å². The van der Waals surface area contributed by atoms with Crippen LogP contribution in [-0.2, 0) is 99.5 Å². The van der Waals surface area contributed by atoms with E-state index in [4.69, 9.17) is 9.47 Å². The van der Waals surface area contributed by atoms with E-state index in [1.807, 2.05) is 0 Å². The summed E-state index contributed by atoms with van der Waals surface area (Å²) >= 11 is 0. The first-order valence-electron chi connectivity index (χ1n) is 23.5. The average Bonchev–Trinajstić information content (AvgIpc) is 4.29. The van der Waals surface area contributed by atoms with Crippen molar-refractivity contribution in [2.24, 2.45) is 59.2 Å². The second-order valence-corrected chi connectivity index (χ2v) is 19.0. The standard InChI is InChI=1S/C16H18O6.C10H8O6.C10H2O6.2C8H3O3.Y/c17-13-9-3-1-7(5-11(9)15(19)21-13)8-2-4-10-12(6-8)16(20)22-14(10)18;2*11-7-3-1-4-6(10(14)16-8(4)12)2-5(3)9(13)15-7;2*9-7-5-3-1-2-4-6(5)8(10)11-7;/h7-12H,1-6H2;3-6H,1-2H2;1-2H;2*1,3-4H;/q;;;2*-1;. The molecule has 0 amide bonds. The average molecular weight is 1130 g/mol. The van der Waals surface area contributed by atoms with Gasteiger partial charge in [-0.25, -0.2) is 28.8 Å². The fourth-order valence-electron chi connectivity index (χ4n) is 11.2. The Morgan fingerprint density at radius 1 is 0.325 bits per heavy atom. The van der Waals surface area contributed by atoms with Crippen LogP contribution >= 0.6 is 0 Å². The molecule has 77 heavy (non-hydrogen) atoms. The third kappa shape index (κ3) is 9.97. The van der Waals surface area contributed by atoms with Crippen LogP contribution in [0.1, 0.15) is 92.8 Å². The number of hydrogen-bond acceptors (Lipinski definition) is 24. The molecule has 8 heterocycles. The molecule has 24 nitrogen and oxygen atoms in total. The van der Waals surface area contributed by atoms with Gasteiger partial charge in [0.2, 0.25) is 0 Å². The zero-order valence-corrected chi connectivity index (χ0v) is 42.3. The van der Waals surface area contributed by atoms with E-state index < -0.39 is 93.9 Å². The number of furan rings is 2. The van der Waals surface area contributed by atoms with Crippen LogP contribution in [0, 0.1) is 71.3 Å². The molecule has 25 heteroatoms. The Kier molecular flexibility index (Phi) is 14.7. The monoisotopic (exact) mass is 1130 g/mol. The van der Waals surface area contributed by atoms with Crippen molar-refractivity contribution >= 4 is 93.2 Å². The fourth-order valence-corrected chi connectivity index (χ4v) is 11.2. The maximum atomic E-state index is 11.8. The smallest absolute Gasteiger partial charge is 0.346 e. The van der Waals surface area contributed by atoms with Crippen molar-refractivity contribution in [1.29, 1.82) is 0 Å². The van der Waals surface area contributed by atoms with Crippen LogP contribution in [0.15, 0.2) is 76.5 Å². The molecule has 7 fully saturated rings. The van der Waals surface area contributed by atoms with Crippen LogP contribution in [-0.4, -0.2) is 71.6 Å². The van der Waals surface area contributed by atoms with Crippen molar-refractivity contribution < 1.29 is 127 Å². The van der Waals surface area contributed by atoms with E-state index in [1.54, 1.807) is 12.1 Å². The Balaban J connectivity index is 0.000000120. The predicted octanol–water partition coefficient (Wildman–Crippen LogP) is 1.72. The van der Waals surface area contributed by atoms with Crippen molar-refractivity contribution in [3.63, 3.8) is 0 Å². The molecule has 0 N–H and O–H groups in total. The Bertz CT molecular complexity index is 3260. The second kappa shape index (κ2) is 21.1. The van der Waals surface area contributed by atoms with Crippen molar-refractivity contribution in [3.05, 3.63) is 125 Å². The molecule has 3 aliphatic carbocycles. The molecular weight excluding hydrogens is 1100 g/mol. The van der Waals surface area contributed by atoms with Gasteiger partial charge in [0.1, 0.15) is 0 Å². The van der Waals surface area contributed by atoms with Gasteiger partial charge in [0, 0.05) is 32.7 Å². The number of esters is 12. The maximum absolute atomic E-state index is 11.8. The van der Waals surface area contributed by atoms with E-state index in [1.165, 1.54) is 24.3 Å². The minimum atomic E-state index is -0.824. The number of carbonyl (C=O) groups is 12. The van der Waals surface area contributed by atoms with Crippen molar-refractivity contribution in [1.82, 2.24) is 0 Å². The van der Waals surface area contributed by atoms with Gasteiger partial charge in [-0.1, -0.05) is 0 Å². The Hall–Kier alpha value is -8.12. The molecule has 0 spiro atoms. The van der Waals surface area contributed by atoms with E-state index in [0.29, 0.717) is 59.8 Å². The predicted molar refractivity (Wildman–Crippen MR) is 240 cm³/mol. The Morgan fingerprint density at radius 3 is 0.896 bits per heavy atom. The first-order valence-corrected chi connectivity index (χ1v) is 23.5. The zero-order valence-electron chi connectivity index (χ0n) is 39.4. The minimum Gasteiger partial charge on any atom is -0.397 e. The van der Waals surface area contributed by atoms with E-state index in [2.05, 4.69) is 39.9 Å². The van der Waals surface area contributed by atoms with Crippen LogP contribution in [0.5, 0.6) is 0 Å². The molecule has 0 bridgehead atoms. The number of carbonyl (C=O) groups excluding carboxylic acids is 12. The third-order valence-corrected chi connectivity index (χ3v) is 15.0. The molecule has 3 aromatic carbocycles. The number of benzene rings is 3. The van der Waals surface area contributed by atoms with Crippen molar-refractivity contribution in [2.45, 2.75) is 51.4 Å². The number of hydrogen-bond donors (Lipinski definition) is 0. The van der Waals surface area contributed by atoms with Gasteiger partial charge < -0.3 is 37.3 Å². The summed E-state index contributed by atoms with van der Waals surface area (Å²) in [6.07, 6.45) is 4.85. The summed E-state index contributed by atoms with van der Waals surface area (Å²) < 4.78 is 35.8. The molecule has 10 unspecified atom stereocenters. The van der Waals surface area contributed by atoms with Gasteiger partial charge in [-0.15, -0.1) is 0 Å². The fraction of sp³-hybridized carbons (Fsp3) is 0.346. The van der Waals surface area contributed by atoms with Gasteiger partial charge in [0.15, 0.2) is 0 Å². The molecule has 2 aromatic heterocycles. The molecule has 10 atom stereocenters. The number of cyclic esters (lactones) is 12. The first kappa shape index (κ1) is 53.7. The topological polar surface area (TPSA) is 355 Å². The van der Waals surface area contributed by atoms with E-state index in [-0.39, 0.29) is 115 Å². The van der Waals surface area contributed by atoms with E-state index in [9.17, 15) is 76.7 Å². The molecule has 5 aromatic rings. The van der Waals surface area contributed by atoms with Crippen LogP contribution < -0.4 is 22.5 Å². The normalized spacial score (nSPS) is 27.8. The molecule has 1 radical (unpaired) electrons. The van der Waals surface area contributed by atoms with Gasteiger partial charge >= 0.3 is 82.2 Å². The van der Waals surface area contributed by atoms with Crippen LogP contribution in [0.3, 0.4) is 0 Å². The minimum absolute atomic E-state index is 0. The summed E-state index contributed by atoms with van der Waals surface area (Å²) in [6, 6.07) is 16.7. The maximum Gasteiger partial charge on any atom is 0.346 e. The molecule has 6 aliphatic heterocycles. The SMILES string of the molecule is O=C1OC(=O)C2CC(C3CCC4C(=O)OC(=O)C4C3)CCC12.O=C1OC(=O)C2CC3C(=O)OC(=O)C3CC12.O=C1OC(=O)c2cc[c-]cc21.O=C1OC(=O)c2cc[c-]cc21.O=c1oc(=O)c2cc3c(=O)oc(=O)c3cc12.[Y]. The summed E-state index contributed by atoms with van der Waals surface area (Å²) in [5.74, 6) is -8.95. The summed E-state index contributed by atoms with van der Waals surface area (Å²) in [5, 5.41) is -0.0726. The van der Waals surface area contributed by atoms with Crippen molar-refractivity contribution in [3.8, 4) is 0 Å². The zero-order chi connectivity index (χ0) is 54.0. The number of rotatable bonds is 1. The second-order valence-electron chi connectivity index (χ2n) is 19.0. The van der Waals surface area contributed by atoms with Crippen LogP contribution in [0.2, 0.25) is 0 Å². The molecular formula is C52H34O24Y-2. The van der Waals surface area contributed by atoms with Gasteiger partial charge in [-0.3, -0.25) is 47.9 Å². The van der Waals surface area contributed by atoms with E-state index >= 15 is 0 Å². The van der Waals surface area contributed by atoms with Gasteiger partial charge in [0.25, 0.3) is 11.9 Å². The van der Waals surface area contributed by atoms with Gasteiger partial charge in [0.05, 0.1) is 68.9 Å². The summed E-state index contributed by atoms with van der Waals surface area (Å²) in [5.41, 5.74) is -2.03. The molecule has 391 valence electrons. The van der Waals surface area contributed by atoms with E-state index in [0.717, 1.165) is 25.0 Å². The molecule has 9 aliphatic rings. The Morgan fingerprint density at radius 2 is 0.597 bits per heavy atom. The summed E-state index contributed by atoms with van der Waals surface area (Å²) in [7, 11) is 0. The first-order chi connectivity index (χ1) is 36.3. The largest absolute Gasteiger partial charge is 0.397 e. The van der Waals surface area contributed by atoms with Gasteiger partial charge in [-0.2, -0.15) is 48.5 Å². The molecule has 4 saturated heterocycles. The molecule has 3 saturated carbocycles. The van der Waals surface area contributed by atoms with Gasteiger partial charge in [-0.05, 0) is 97.6 Å². The number of fused-ring (bicyclic) bond motifs is 8. The summed E-state index contributed by atoms with van der Waals surface area (Å²) in [4.78, 5) is 180.